The minimum absolute atomic E-state index is 0.112. The predicted octanol–water partition coefficient (Wildman–Crippen LogP) is 1.69. The summed E-state index contributed by atoms with van der Waals surface area (Å²) in [6.07, 6.45) is -4.12. The highest BCUT2D eigenvalue weighted by Crippen LogP contribution is 2.27. The Hall–Kier alpha value is -1.17. The topological polar surface area (TPSA) is 51.8 Å². The molecule has 1 aromatic rings. The van der Waals surface area contributed by atoms with Crippen molar-refractivity contribution >= 4 is 0 Å². The van der Waals surface area contributed by atoms with E-state index < -0.39 is 11.9 Å². The average molecular weight is 219 g/mol. The van der Waals surface area contributed by atoms with Crippen LogP contribution in [0.3, 0.4) is 0 Å². The molecular weight excluding hydrogens is 207 g/mol. The molecule has 1 atom stereocenters. The van der Waals surface area contributed by atoms with Crippen LogP contribution < -0.4 is 5.73 Å². The molecule has 0 fully saturated rings. The molecule has 0 saturated heterocycles. The van der Waals surface area contributed by atoms with E-state index in [0.717, 1.165) is 6.07 Å². The van der Waals surface area contributed by atoms with Gasteiger partial charge in [-0.25, -0.2) is 9.97 Å². The molecular formula is C9H12F3N3. The minimum atomic E-state index is -4.43. The van der Waals surface area contributed by atoms with Gasteiger partial charge in [-0.1, -0.05) is 0 Å². The van der Waals surface area contributed by atoms with E-state index in [1.165, 1.54) is 6.92 Å². The number of rotatable bonds is 2. The summed E-state index contributed by atoms with van der Waals surface area (Å²) >= 11 is 0. The smallest absolute Gasteiger partial charge is 0.328 e. The third-order valence-corrected chi connectivity index (χ3v) is 1.71. The van der Waals surface area contributed by atoms with Gasteiger partial charge in [0.25, 0.3) is 0 Å². The highest BCUT2D eigenvalue weighted by atomic mass is 19.4. The van der Waals surface area contributed by atoms with Crippen LogP contribution >= 0.6 is 0 Å². The molecule has 6 heteroatoms. The van der Waals surface area contributed by atoms with Crippen molar-refractivity contribution in [2.45, 2.75) is 32.5 Å². The van der Waals surface area contributed by atoms with E-state index >= 15 is 0 Å². The third kappa shape index (κ3) is 3.47. The van der Waals surface area contributed by atoms with Crippen LogP contribution in [0.5, 0.6) is 0 Å². The summed E-state index contributed by atoms with van der Waals surface area (Å²) in [5, 5.41) is 0. The van der Waals surface area contributed by atoms with Gasteiger partial charge in [-0.2, -0.15) is 13.2 Å². The second-order valence-corrected chi connectivity index (χ2v) is 3.47. The van der Waals surface area contributed by atoms with Crippen LogP contribution in [-0.4, -0.2) is 16.0 Å². The largest absolute Gasteiger partial charge is 0.433 e. The standard InChI is InChI=1S/C9H12F3N3/c1-5(13)3-7-4-8(9(10,11)12)15-6(2)14-7/h4-5H,3,13H2,1-2H3. The van der Waals surface area contributed by atoms with Crippen molar-refractivity contribution in [2.24, 2.45) is 5.73 Å². The third-order valence-electron chi connectivity index (χ3n) is 1.71. The second kappa shape index (κ2) is 4.14. The fraction of sp³-hybridized carbons (Fsp3) is 0.556. The Morgan fingerprint density at radius 1 is 1.40 bits per heavy atom. The zero-order chi connectivity index (χ0) is 11.6. The molecule has 1 heterocycles. The summed E-state index contributed by atoms with van der Waals surface area (Å²) < 4.78 is 37.1. The van der Waals surface area contributed by atoms with Crippen molar-refractivity contribution < 1.29 is 13.2 Å². The first-order chi connectivity index (χ1) is 6.79. The van der Waals surface area contributed by atoms with Crippen molar-refractivity contribution in [1.82, 2.24) is 9.97 Å². The first-order valence-electron chi connectivity index (χ1n) is 4.46. The summed E-state index contributed by atoms with van der Waals surface area (Å²) in [7, 11) is 0. The maximum absolute atomic E-state index is 12.4. The van der Waals surface area contributed by atoms with Crippen LogP contribution in [0.25, 0.3) is 0 Å². The Morgan fingerprint density at radius 3 is 2.47 bits per heavy atom. The average Bonchev–Trinajstić information content (AvgIpc) is 1.99. The molecule has 1 aromatic heterocycles. The van der Waals surface area contributed by atoms with Crippen LogP contribution in [0.1, 0.15) is 24.1 Å². The van der Waals surface area contributed by atoms with E-state index in [-0.39, 0.29) is 11.9 Å². The van der Waals surface area contributed by atoms with Gasteiger partial charge < -0.3 is 5.73 Å². The fourth-order valence-electron chi connectivity index (χ4n) is 1.21. The number of nitrogens with two attached hydrogens (primary N) is 1. The molecule has 84 valence electrons. The number of halogens is 3. The van der Waals surface area contributed by atoms with E-state index in [0.29, 0.717) is 12.1 Å². The zero-order valence-electron chi connectivity index (χ0n) is 8.47. The molecule has 0 saturated carbocycles. The molecule has 1 rings (SSSR count). The van der Waals surface area contributed by atoms with E-state index in [1.807, 2.05) is 0 Å². The van der Waals surface area contributed by atoms with Crippen LogP contribution in [0.2, 0.25) is 0 Å². The van der Waals surface area contributed by atoms with Gasteiger partial charge in [0.15, 0.2) is 0 Å². The quantitative estimate of drug-likeness (QED) is 0.823. The van der Waals surface area contributed by atoms with Gasteiger partial charge in [-0.15, -0.1) is 0 Å². The van der Waals surface area contributed by atoms with E-state index in [2.05, 4.69) is 9.97 Å². The Labute approximate surface area is 85.5 Å². The molecule has 0 radical (unpaired) electrons. The van der Waals surface area contributed by atoms with Crippen LogP contribution in [0.4, 0.5) is 13.2 Å². The number of hydrogen-bond donors (Lipinski definition) is 1. The first kappa shape index (κ1) is 11.9. The normalized spacial score (nSPS) is 14.0. The van der Waals surface area contributed by atoms with Crippen molar-refractivity contribution in [3.05, 3.63) is 23.3 Å². The lowest BCUT2D eigenvalue weighted by molar-refractivity contribution is -0.141. The number of alkyl halides is 3. The van der Waals surface area contributed by atoms with Gasteiger partial charge in [-0.05, 0) is 19.9 Å². The van der Waals surface area contributed by atoms with Gasteiger partial charge in [0.1, 0.15) is 11.5 Å². The molecule has 0 aliphatic carbocycles. The van der Waals surface area contributed by atoms with E-state index in [9.17, 15) is 13.2 Å². The van der Waals surface area contributed by atoms with Gasteiger partial charge in [0.2, 0.25) is 0 Å². The summed E-state index contributed by atoms with van der Waals surface area (Å²) in [5.74, 6) is 0.112. The number of hydrogen-bond acceptors (Lipinski definition) is 3. The van der Waals surface area contributed by atoms with Gasteiger partial charge in [0, 0.05) is 18.2 Å². The number of aromatic nitrogens is 2. The maximum Gasteiger partial charge on any atom is 0.433 e. The highest BCUT2D eigenvalue weighted by molar-refractivity contribution is 5.14. The van der Waals surface area contributed by atoms with Crippen molar-refractivity contribution in [3.8, 4) is 0 Å². The molecule has 0 aliphatic rings. The zero-order valence-corrected chi connectivity index (χ0v) is 8.47. The molecule has 3 nitrogen and oxygen atoms in total. The lowest BCUT2D eigenvalue weighted by Gasteiger charge is -2.10. The molecule has 0 spiro atoms. The summed E-state index contributed by atoms with van der Waals surface area (Å²) in [6, 6.07) is 0.719. The van der Waals surface area contributed by atoms with Gasteiger partial charge >= 0.3 is 6.18 Å². The Kier molecular flexibility index (Phi) is 3.28. The number of aryl methyl sites for hydroxylation is 1. The molecule has 15 heavy (non-hydrogen) atoms. The van der Waals surface area contributed by atoms with E-state index in [4.69, 9.17) is 5.73 Å². The van der Waals surface area contributed by atoms with Crippen LogP contribution in [0, 0.1) is 6.92 Å². The monoisotopic (exact) mass is 219 g/mol. The lowest BCUT2D eigenvalue weighted by atomic mass is 10.1. The van der Waals surface area contributed by atoms with E-state index in [1.54, 1.807) is 6.92 Å². The van der Waals surface area contributed by atoms with Crippen molar-refractivity contribution in [1.29, 1.82) is 0 Å². The Balaban J connectivity index is 3.06. The summed E-state index contributed by atoms with van der Waals surface area (Å²) in [5.41, 5.74) is 4.90. The Morgan fingerprint density at radius 2 is 2.00 bits per heavy atom. The SMILES string of the molecule is Cc1nc(CC(C)N)cc(C(F)(F)F)n1. The first-order valence-corrected chi connectivity index (χ1v) is 4.46. The minimum Gasteiger partial charge on any atom is -0.328 e. The predicted molar refractivity (Wildman–Crippen MR) is 49.1 cm³/mol. The van der Waals surface area contributed by atoms with Crippen LogP contribution in [-0.2, 0) is 12.6 Å². The van der Waals surface area contributed by atoms with Crippen molar-refractivity contribution in [2.75, 3.05) is 0 Å². The molecule has 1 unspecified atom stereocenters. The number of nitrogens with zero attached hydrogens (tertiary/aromatic N) is 2. The van der Waals surface area contributed by atoms with Crippen molar-refractivity contribution in [3.63, 3.8) is 0 Å². The maximum atomic E-state index is 12.4. The van der Waals surface area contributed by atoms with Crippen LogP contribution in [0.15, 0.2) is 6.07 Å². The highest BCUT2D eigenvalue weighted by Gasteiger charge is 2.33. The Bertz CT molecular complexity index is 347. The lowest BCUT2D eigenvalue weighted by Crippen LogP contribution is -2.20. The van der Waals surface area contributed by atoms with Gasteiger partial charge in [0.05, 0.1) is 0 Å². The summed E-state index contributed by atoms with van der Waals surface area (Å²) in [4.78, 5) is 7.23. The van der Waals surface area contributed by atoms with Gasteiger partial charge in [-0.3, -0.25) is 0 Å². The summed E-state index contributed by atoms with van der Waals surface area (Å²) in [6.45, 7) is 3.14. The molecule has 2 N–H and O–H groups in total. The second-order valence-electron chi connectivity index (χ2n) is 3.47. The molecule has 0 aliphatic heterocycles. The fourth-order valence-corrected chi connectivity index (χ4v) is 1.21. The molecule has 0 aromatic carbocycles. The molecule has 0 amide bonds. The molecule has 0 bridgehead atoms.